The highest BCUT2D eigenvalue weighted by atomic mass is 19.2. The Balaban J connectivity index is 1.82. The Morgan fingerprint density at radius 3 is 2.44 bits per heavy atom. The Morgan fingerprint density at radius 2 is 1.68 bits per heavy atom. The van der Waals surface area contributed by atoms with Gasteiger partial charge in [0.1, 0.15) is 0 Å². The predicted octanol–water partition coefficient (Wildman–Crippen LogP) is 4.39. The van der Waals surface area contributed by atoms with Crippen LogP contribution in [0.25, 0.3) is 0 Å². The van der Waals surface area contributed by atoms with Gasteiger partial charge in [-0.05, 0) is 49.2 Å². The minimum Gasteiger partial charge on any atom is -0.336 e. The average molecular weight is 345 g/mol. The van der Waals surface area contributed by atoms with Crippen LogP contribution in [0, 0.1) is 31.3 Å². The SMILES string of the molecule is Cc1ccc(Nc2nncc(Nc3ccc(F)c(F)c3F)n2)cc1C. The molecule has 1 heterocycles. The van der Waals surface area contributed by atoms with Crippen LogP contribution in [0.2, 0.25) is 0 Å². The molecule has 3 aromatic rings. The van der Waals surface area contributed by atoms with Crippen LogP contribution in [0.1, 0.15) is 11.1 Å². The molecular formula is C17H14F3N5. The fraction of sp³-hybridized carbons (Fsp3) is 0.118. The molecule has 0 atom stereocenters. The molecule has 0 aliphatic rings. The van der Waals surface area contributed by atoms with Gasteiger partial charge < -0.3 is 10.6 Å². The van der Waals surface area contributed by atoms with Crippen molar-refractivity contribution in [1.82, 2.24) is 15.2 Å². The molecule has 0 saturated heterocycles. The van der Waals surface area contributed by atoms with Crippen molar-refractivity contribution in [2.45, 2.75) is 13.8 Å². The van der Waals surface area contributed by atoms with E-state index in [0.29, 0.717) is 0 Å². The topological polar surface area (TPSA) is 62.7 Å². The maximum atomic E-state index is 13.7. The second-order valence-electron chi connectivity index (χ2n) is 5.44. The summed E-state index contributed by atoms with van der Waals surface area (Å²) in [6, 6.07) is 7.63. The van der Waals surface area contributed by atoms with E-state index in [1.165, 1.54) is 6.20 Å². The highest BCUT2D eigenvalue weighted by Gasteiger charge is 2.14. The van der Waals surface area contributed by atoms with Crippen LogP contribution in [0.3, 0.4) is 0 Å². The molecular weight excluding hydrogens is 331 g/mol. The maximum absolute atomic E-state index is 13.7. The van der Waals surface area contributed by atoms with E-state index < -0.39 is 17.5 Å². The molecule has 1 aromatic heterocycles. The number of nitrogens with zero attached hydrogens (tertiary/aromatic N) is 3. The van der Waals surface area contributed by atoms with Crippen LogP contribution >= 0.6 is 0 Å². The molecule has 0 aliphatic carbocycles. The first kappa shape index (κ1) is 16.7. The molecule has 0 bridgehead atoms. The number of nitrogens with one attached hydrogen (secondary N) is 2. The maximum Gasteiger partial charge on any atom is 0.249 e. The molecule has 2 N–H and O–H groups in total. The quantitative estimate of drug-likeness (QED) is 0.687. The lowest BCUT2D eigenvalue weighted by molar-refractivity contribution is 0.449. The first-order valence-electron chi connectivity index (χ1n) is 7.38. The summed E-state index contributed by atoms with van der Waals surface area (Å²) in [5, 5.41) is 13.1. The largest absolute Gasteiger partial charge is 0.336 e. The highest BCUT2D eigenvalue weighted by Crippen LogP contribution is 2.23. The zero-order valence-electron chi connectivity index (χ0n) is 13.4. The zero-order chi connectivity index (χ0) is 18.0. The highest BCUT2D eigenvalue weighted by molar-refractivity contribution is 5.60. The number of halogens is 3. The van der Waals surface area contributed by atoms with Gasteiger partial charge in [-0.1, -0.05) is 6.07 Å². The lowest BCUT2D eigenvalue weighted by atomic mass is 10.1. The summed E-state index contributed by atoms with van der Waals surface area (Å²) < 4.78 is 40.0. The van der Waals surface area contributed by atoms with Gasteiger partial charge in [0.15, 0.2) is 23.3 Å². The molecule has 2 aromatic carbocycles. The molecule has 0 fully saturated rings. The molecule has 0 unspecified atom stereocenters. The van der Waals surface area contributed by atoms with Gasteiger partial charge in [-0.2, -0.15) is 10.1 Å². The van der Waals surface area contributed by atoms with E-state index in [1.54, 1.807) is 0 Å². The molecule has 0 amide bonds. The minimum absolute atomic E-state index is 0.131. The summed E-state index contributed by atoms with van der Waals surface area (Å²) in [5.74, 6) is -3.84. The van der Waals surface area contributed by atoms with Crippen molar-refractivity contribution in [3.05, 3.63) is 65.1 Å². The van der Waals surface area contributed by atoms with Crippen LogP contribution in [0.5, 0.6) is 0 Å². The van der Waals surface area contributed by atoms with Gasteiger partial charge in [0.05, 0.1) is 11.9 Å². The van der Waals surface area contributed by atoms with Gasteiger partial charge in [0.2, 0.25) is 5.95 Å². The third kappa shape index (κ3) is 3.68. The fourth-order valence-corrected chi connectivity index (χ4v) is 2.13. The molecule has 0 spiro atoms. The molecule has 0 radical (unpaired) electrons. The Labute approximate surface area is 141 Å². The lowest BCUT2D eigenvalue weighted by Crippen LogP contribution is -2.04. The minimum atomic E-state index is -1.56. The molecule has 25 heavy (non-hydrogen) atoms. The smallest absolute Gasteiger partial charge is 0.249 e. The Kier molecular flexibility index (Phi) is 4.51. The summed E-state index contributed by atoms with van der Waals surface area (Å²) in [5.41, 5.74) is 2.75. The normalized spacial score (nSPS) is 10.6. The van der Waals surface area contributed by atoms with Gasteiger partial charge in [-0.3, -0.25) is 0 Å². The molecule has 8 heteroatoms. The van der Waals surface area contributed by atoms with E-state index in [2.05, 4.69) is 25.8 Å². The van der Waals surface area contributed by atoms with Crippen molar-refractivity contribution in [3.8, 4) is 0 Å². The number of hydrogen-bond donors (Lipinski definition) is 2. The van der Waals surface area contributed by atoms with E-state index >= 15 is 0 Å². The van der Waals surface area contributed by atoms with Crippen LogP contribution in [0.4, 0.5) is 36.3 Å². The third-order valence-corrected chi connectivity index (χ3v) is 3.62. The fourth-order valence-electron chi connectivity index (χ4n) is 2.13. The summed E-state index contributed by atoms with van der Waals surface area (Å²) in [6.07, 6.45) is 1.24. The molecule has 3 rings (SSSR count). The zero-order valence-corrected chi connectivity index (χ0v) is 13.4. The monoisotopic (exact) mass is 345 g/mol. The average Bonchev–Trinajstić information content (AvgIpc) is 2.59. The summed E-state index contributed by atoms with van der Waals surface area (Å²) >= 11 is 0. The standard InChI is InChI=1S/C17H14F3N5/c1-9-3-4-11(7-10(9)2)22-17-24-14(8-21-25-17)23-13-6-5-12(18)15(19)16(13)20/h3-8H,1-2H3,(H2,22,23,24,25). The number of hydrogen-bond acceptors (Lipinski definition) is 5. The van der Waals surface area contributed by atoms with Crippen LogP contribution in [-0.4, -0.2) is 15.2 Å². The number of aromatic nitrogens is 3. The van der Waals surface area contributed by atoms with Crippen LogP contribution in [-0.2, 0) is 0 Å². The summed E-state index contributed by atoms with van der Waals surface area (Å²) in [6.45, 7) is 3.97. The Bertz CT molecular complexity index is 930. The van der Waals surface area contributed by atoms with Crippen molar-refractivity contribution in [2.75, 3.05) is 10.6 Å². The van der Waals surface area contributed by atoms with Gasteiger partial charge in [0, 0.05) is 5.69 Å². The van der Waals surface area contributed by atoms with Crippen LogP contribution in [0.15, 0.2) is 36.5 Å². The van der Waals surface area contributed by atoms with Gasteiger partial charge in [0.25, 0.3) is 0 Å². The van der Waals surface area contributed by atoms with E-state index in [9.17, 15) is 13.2 Å². The van der Waals surface area contributed by atoms with Crippen LogP contribution < -0.4 is 10.6 Å². The summed E-state index contributed by atoms with van der Waals surface area (Å²) in [4.78, 5) is 4.13. The van der Waals surface area contributed by atoms with Gasteiger partial charge >= 0.3 is 0 Å². The Hall–Kier alpha value is -3.16. The van der Waals surface area contributed by atoms with E-state index in [1.807, 2.05) is 32.0 Å². The van der Waals surface area contributed by atoms with Crippen molar-refractivity contribution in [2.24, 2.45) is 0 Å². The number of anilines is 4. The van der Waals surface area contributed by atoms with Crippen molar-refractivity contribution >= 4 is 23.1 Å². The second kappa shape index (κ2) is 6.76. The second-order valence-corrected chi connectivity index (χ2v) is 5.44. The van der Waals surface area contributed by atoms with E-state index in [4.69, 9.17) is 0 Å². The molecule has 5 nitrogen and oxygen atoms in total. The van der Waals surface area contributed by atoms with Crippen molar-refractivity contribution in [1.29, 1.82) is 0 Å². The van der Waals surface area contributed by atoms with Gasteiger partial charge in [-0.25, -0.2) is 13.2 Å². The van der Waals surface area contributed by atoms with Crippen molar-refractivity contribution < 1.29 is 13.2 Å². The summed E-state index contributed by atoms with van der Waals surface area (Å²) in [7, 11) is 0. The third-order valence-electron chi connectivity index (χ3n) is 3.62. The van der Waals surface area contributed by atoms with E-state index in [0.717, 1.165) is 28.9 Å². The molecule has 128 valence electrons. The van der Waals surface area contributed by atoms with Gasteiger partial charge in [-0.15, -0.1) is 5.10 Å². The first-order chi connectivity index (χ1) is 11.9. The Morgan fingerprint density at radius 1 is 0.880 bits per heavy atom. The number of benzene rings is 2. The molecule has 0 aliphatic heterocycles. The van der Waals surface area contributed by atoms with E-state index in [-0.39, 0.29) is 17.5 Å². The van der Waals surface area contributed by atoms with Crippen molar-refractivity contribution in [3.63, 3.8) is 0 Å². The number of aryl methyl sites for hydroxylation is 2. The first-order valence-corrected chi connectivity index (χ1v) is 7.38. The molecule has 0 saturated carbocycles. The lowest BCUT2D eigenvalue weighted by Gasteiger charge is -2.10. The predicted molar refractivity (Wildman–Crippen MR) is 88.6 cm³/mol. The number of rotatable bonds is 4.